The van der Waals surface area contributed by atoms with Gasteiger partial charge in [0.15, 0.2) is 0 Å². The Kier molecular flexibility index (Phi) is 4.92. The van der Waals surface area contributed by atoms with Crippen LogP contribution in [0.3, 0.4) is 0 Å². The molecule has 0 saturated carbocycles. The molecule has 0 N–H and O–H groups in total. The molecule has 1 aromatic heterocycles. The number of nitrogens with zero attached hydrogens (tertiary/aromatic N) is 1. The lowest BCUT2D eigenvalue weighted by Crippen LogP contribution is -2.01. The standard InChI is InChI=1S/C11H16BrNO2S/c1-5-6(2)8(12)10-13-7(3)9(16-10)11(14)15-4/h6,8H,5H2,1-4H3. The Morgan fingerprint density at radius 2 is 2.25 bits per heavy atom. The number of carbonyl (C=O) groups excluding carboxylic acids is 1. The molecule has 1 rings (SSSR count). The van der Waals surface area contributed by atoms with Gasteiger partial charge in [0.1, 0.15) is 9.88 Å². The number of ether oxygens (including phenoxy) is 1. The summed E-state index contributed by atoms with van der Waals surface area (Å²) in [6.07, 6.45) is 1.07. The van der Waals surface area contributed by atoms with Gasteiger partial charge in [-0.1, -0.05) is 36.2 Å². The largest absolute Gasteiger partial charge is 0.465 e. The van der Waals surface area contributed by atoms with Crippen molar-refractivity contribution >= 4 is 33.2 Å². The molecule has 90 valence electrons. The van der Waals surface area contributed by atoms with E-state index in [0.717, 1.165) is 17.1 Å². The Labute approximate surface area is 108 Å². The second-order valence-electron chi connectivity index (χ2n) is 3.75. The first kappa shape index (κ1) is 13.6. The Morgan fingerprint density at radius 1 is 1.62 bits per heavy atom. The maximum absolute atomic E-state index is 11.4. The highest BCUT2D eigenvalue weighted by Crippen LogP contribution is 2.36. The van der Waals surface area contributed by atoms with Gasteiger partial charge in [0, 0.05) is 0 Å². The summed E-state index contributed by atoms with van der Waals surface area (Å²) in [5.74, 6) is 0.196. The molecular formula is C11H16BrNO2S. The summed E-state index contributed by atoms with van der Waals surface area (Å²) in [5.41, 5.74) is 0.750. The van der Waals surface area contributed by atoms with Crippen molar-refractivity contribution in [3.05, 3.63) is 15.6 Å². The van der Waals surface area contributed by atoms with E-state index in [1.54, 1.807) is 0 Å². The first-order valence-electron chi connectivity index (χ1n) is 5.20. The minimum absolute atomic E-state index is 0.208. The molecule has 0 aliphatic carbocycles. The highest BCUT2D eigenvalue weighted by atomic mass is 79.9. The van der Waals surface area contributed by atoms with Gasteiger partial charge in [-0.3, -0.25) is 0 Å². The Bertz CT molecular complexity index is 378. The molecule has 0 aliphatic rings. The van der Waals surface area contributed by atoms with E-state index in [1.165, 1.54) is 18.4 Å². The number of alkyl halides is 1. The van der Waals surface area contributed by atoms with Crippen LogP contribution in [0.2, 0.25) is 0 Å². The number of aryl methyl sites for hydroxylation is 1. The van der Waals surface area contributed by atoms with Crippen molar-refractivity contribution in [2.75, 3.05) is 7.11 Å². The van der Waals surface area contributed by atoms with Crippen LogP contribution in [0.1, 0.15) is 45.5 Å². The van der Waals surface area contributed by atoms with E-state index in [4.69, 9.17) is 4.74 Å². The van der Waals surface area contributed by atoms with Crippen LogP contribution in [0.25, 0.3) is 0 Å². The number of methoxy groups -OCH3 is 1. The highest BCUT2D eigenvalue weighted by molar-refractivity contribution is 9.09. The quantitative estimate of drug-likeness (QED) is 0.628. The third-order valence-electron chi connectivity index (χ3n) is 2.56. The van der Waals surface area contributed by atoms with E-state index in [9.17, 15) is 4.79 Å². The van der Waals surface area contributed by atoms with Gasteiger partial charge in [-0.15, -0.1) is 11.3 Å². The molecule has 0 amide bonds. The van der Waals surface area contributed by atoms with Gasteiger partial charge < -0.3 is 4.74 Å². The lowest BCUT2D eigenvalue weighted by molar-refractivity contribution is 0.0605. The molecule has 1 aromatic rings. The van der Waals surface area contributed by atoms with Crippen molar-refractivity contribution < 1.29 is 9.53 Å². The maximum atomic E-state index is 11.4. The van der Waals surface area contributed by atoms with E-state index in [1.807, 2.05) is 6.92 Å². The fourth-order valence-electron chi connectivity index (χ4n) is 1.27. The van der Waals surface area contributed by atoms with E-state index in [2.05, 4.69) is 34.8 Å². The molecule has 2 unspecified atom stereocenters. The number of halogens is 1. The summed E-state index contributed by atoms with van der Waals surface area (Å²) < 4.78 is 4.71. The van der Waals surface area contributed by atoms with Crippen LogP contribution < -0.4 is 0 Å². The molecule has 0 saturated heterocycles. The van der Waals surface area contributed by atoms with Gasteiger partial charge in [-0.25, -0.2) is 9.78 Å². The minimum atomic E-state index is -0.301. The first-order chi connectivity index (χ1) is 7.51. The molecule has 2 atom stereocenters. The van der Waals surface area contributed by atoms with Crippen molar-refractivity contribution in [2.45, 2.75) is 32.0 Å². The molecule has 5 heteroatoms. The van der Waals surface area contributed by atoms with Gasteiger partial charge >= 0.3 is 5.97 Å². The molecule has 0 aromatic carbocycles. The lowest BCUT2D eigenvalue weighted by atomic mass is 10.1. The van der Waals surface area contributed by atoms with Gasteiger partial charge in [-0.05, 0) is 12.8 Å². The summed E-state index contributed by atoms with van der Waals surface area (Å²) in [6.45, 7) is 6.14. The fourth-order valence-corrected chi connectivity index (χ4v) is 3.12. The molecular weight excluding hydrogens is 290 g/mol. The van der Waals surface area contributed by atoms with Crippen LogP contribution in [-0.2, 0) is 4.74 Å². The molecule has 0 radical (unpaired) electrons. The number of rotatable bonds is 4. The van der Waals surface area contributed by atoms with Crippen LogP contribution >= 0.6 is 27.3 Å². The normalized spacial score (nSPS) is 14.6. The smallest absolute Gasteiger partial charge is 0.349 e. The van der Waals surface area contributed by atoms with Gasteiger partial charge in [0.25, 0.3) is 0 Å². The average molecular weight is 306 g/mol. The van der Waals surface area contributed by atoms with Crippen LogP contribution in [0, 0.1) is 12.8 Å². The molecule has 0 spiro atoms. The third-order valence-corrected chi connectivity index (χ3v) is 5.42. The van der Waals surface area contributed by atoms with Crippen LogP contribution in [0.4, 0.5) is 0 Å². The topological polar surface area (TPSA) is 39.2 Å². The number of hydrogen-bond acceptors (Lipinski definition) is 4. The van der Waals surface area contributed by atoms with Crippen LogP contribution in [-0.4, -0.2) is 18.1 Å². The Balaban J connectivity index is 2.96. The molecule has 0 fully saturated rings. The van der Waals surface area contributed by atoms with Crippen LogP contribution in [0.5, 0.6) is 0 Å². The number of hydrogen-bond donors (Lipinski definition) is 0. The van der Waals surface area contributed by atoms with Crippen molar-refractivity contribution in [2.24, 2.45) is 5.92 Å². The Hall–Kier alpha value is -0.420. The summed E-state index contributed by atoms with van der Waals surface area (Å²) >= 11 is 5.04. The van der Waals surface area contributed by atoms with Gasteiger partial charge in [-0.2, -0.15) is 0 Å². The number of aromatic nitrogens is 1. The zero-order valence-corrected chi connectivity index (χ0v) is 12.3. The highest BCUT2D eigenvalue weighted by Gasteiger charge is 2.22. The van der Waals surface area contributed by atoms with Crippen LogP contribution in [0.15, 0.2) is 0 Å². The predicted molar refractivity (Wildman–Crippen MR) is 69.3 cm³/mol. The lowest BCUT2D eigenvalue weighted by Gasteiger charge is -2.13. The molecule has 0 bridgehead atoms. The summed E-state index contributed by atoms with van der Waals surface area (Å²) in [6, 6.07) is 0. The summed E-state index contributed by atoms with van der Waals surface area (Å²) in [4.78, 5) is 16.7. The van der Waals surface area contributed by atoms with E-state index in [-0.39, 0.29) is 10.8 Å². The van der Waals surface area contributed by atoms with Gasteiger partial charge in [0.2, 0.25) is 0 Å². The number of thiazole rings is 1. The zero-order chi connectivity index (χ0) is 12.3. The summed E-state index contributed by atoms with van der Waals surface area (Å²) in [7, 11) is 1.39. The molecule has 16 heavy (non-hydrogen) atoms. The predicted octanol–water partition coefficient (Wildman–Crippen LogP) is 3.72. The van der Waals surface area contributed by atoms with Crippen molar-refractivity contribution in [1.82, 2.24) is 4.98 Å². The third kappa shape index (κ3) is 2.83. The summed E-state index contributed by atoms with van der Waals surface area (Å²) in [5, 5.41) is 0.951. The first-order valence-corrected chi connectivity index (χ1v) is 6.94. The minimum Gasteiger partial charge on any atom is -0.465 e. The fraction of sp³-hybridized carbons (Fsp3) is 0.636. The number of esters is 1. The SMILES string of the molecule is CCC(C)C(Br)c1nc(C)c(C(=O)OC)s1. The van der Waals surface area contributed by atoms with Crippen molar-refractivity contribution in [1.29, 1.82) is 0 Å². The van der Waals surface area contributed by atoms with E-state index >= 15 is 0 Å². The van der Waals surface area contributed by atoms with E-state index < -0.39 is 0 Å². The molecule has 3 nitrogen and oxygen atoms in total. The van der Waals surface area contributed by atoms with E-state index in [0.29, 0.717) is 10.8 Å². The van der Waals surface area contributed by atoms with Crippen molar-refractivity contribution in [3.8, 4) is 0 Å². The second-order valence-corrected chi connectivity index (χ2v) is 5.76. The van der Waals surface area contributed by atoms with Crippen molar-refractivity contribution in [3.63, 3.8) is 0 Å². The average Bonchev–Trinajstić information content (AvgIpc) is 2.68. The monoisotopic (exact) mass is 305 g/mol. The Morgan fingerprint density at radius 3 is 2.75 bits per heavy atom. The number of carbonyl (C=O) groups is 1. The maximum Gasteiger partial charge on any atom is 0.349 e. The van der Waals surface area contributed by atoms with Gasteiger partial charge in [0.05, 0.1) is 17.6 Å². The molecule has 1 heterocycles. The zero-order valence-electron chi connectivity index (χ0n) is 9.91. The second kappa shape index (κ2) is 5.77. The molecule has 0 aliphatic heterocycles.